The number of carbonyl (C=O) groups is 1. The Morgan fingerprint density at radius 3 is 2.60 bits per heavy atom. The minimum Gasteiger partial charge on any atom is -0.358 e. The zero-order chi connectivity index (χ0) is 11.6. The van der Waals surface area contributed by atoms with Gasteiger partial charge in [0.1, 0.15) is 0 Å². The van der Waals surface area contributed by atoms with Gasteiger partial charge in [0.15, 0.2) is 6.29 Å². The Morgan fingerprint density at radius 2 is 2.20 bits per heavy atom. The molecule has 0 saturated heterocycles. The molecule has 0 N–H and O–H groups in total. The molecule has 5 nitrogen and oxygen atoms in total. The summed E-state index contributed by atoms with van der Waals surface area (Å²) in [6.07, 6.45) is -2.87. The van der Waals surface area contributed by atoms with Crippen LogP contribution in [0.4, 0.5) is 14.6 Å². The Balaban J connectivity index is 3.43. The lowest BCUT2D eigenvalue weighted by Gasteiger charge is -2.02. The zero-order valence-electron chi connectivity index (χ0n) is 6.99. The van der Waals surface area contributed by atoms with E-state index in [1.807, 2.05) is 0 Å². The first-order valence-corrected chi connectivity index (χ1v) is 4.34. The van der Waals surface area contributed by atoms with Crippen molar-refractivity contribution in [1.29, 1.82) is 0 Å². The maximum atomic E-state index is 12.4. The van der Waals surface area contributed by atoms with Crippen molar-refractivity contribution in [2.75, 3.05) is 0 Å². The second kappa shape index (κ2) is 4.39. The third-order valence-corrected chi connectivity index (χ3v) is 2.20. The molecule has 0 unspecified atom stereocenters. The van der Waals surface area contributed by atoms with Crippen LogP contribution < -0.4 is 0 Å². The SMILES string of the molecule is O=Cc1nc([N+](=O)[O-])cc(Br)c1C(F)F. The molecule has 0 amide bonds. The van der Waals surface area contributed by atoms with Crippen LogP contribution in [0, 0.1) is 10.1 Å². The van der Waals surface area contributed by atoms with E-state index in [0.29, 0.717) is 0 Å². The van der Waals surface area contributed by atoms with Crippen LogP contribution in [0.5, 0.6) is 0 Å². The van der Waals surface area contributed by atoms with Crippen LogP contribution in [0.25, 0.3) is 0 Å². The highest BCUT2D eigenvalue weighted by Gasteiger charge is 2.25. The first-order chi connectivity index (χ1) is 6.97. The van der Waals surface area contributed by atoms with Gasteiger partial charge in [-0.25, -0.2) is 8.78 Å². The largest absolute Gasteiger partial charge is 0.365 e. The summed E-state index contributed by atoms with van der Waals surface area (Å²) in [5.74, 6) is -0.659. The van der Waals surface area contributed by atoms with Crippen molar-refractivity contribution in [3.8, 4) is 0 Å². The van der Waals surface area contributed by atoms with E-state index in [1.54, 1.807) is 0 Å². The van der Waals surface area contributed by atoms with Crippen LogP contribution in [0.1, 0.15) is 22.5 Å². The molecular formula is C7H3BrF2N2O3. The van der Waals surface area contributed by atoms with E-state index in [4.69, 9.17) is 0 Å². The number of aromatic nitrogens is 1. The number of pyridine rings is 1. The maximum absolute atomic E-state index is 12.4. The van der Waals surface area contributed by atoms with Crippen molar-refractivity contribution >= 4 is 28.0 Å². The average molecular weight is 281 g/mol. The van der Waals surface area contributed by atoms with E-state index in [9.17, 15) is 23.7 Å². The summed E-state index contributed by atoms with van der Waals surface area (Å²) in [5, 5.41) is 10.3. The maximum Gasteiger partial charge on any atom is 0.365 e. The van der Waals surface area contributed by atoms with Gasteiger partial charge in [0.05, 0.1) is 11.6 Å². The van der Waals surface area contributed by atoms with Crippen LogP contribution >= 0.6 is 15.9 Å². The first kappa shape index (κ1) is 11.6. The molecule has 1 aromatic rings. The van der Waals surface area contributed by atoms with Crippen LogP contribution in [0.15, 0.2) is 10.5 Å². The smallest absolute Gasteiger partial charge is 0.358 e. The predicted octanol–water partition coefficient (Wildman–Crippen LogP) is 2.50. The Bertz CT molecular complexity index is 425. The van der Waals surface area contributed by atoms with Crippen LogP contribution in [0.2, 0.25) is 0 Å². The lowest BCUT2D eigenvalue weighted by molar-refractivity contribution is -0.389. The van der Waals surface area contributed by atoms with Crippen LogP contribution in [-0.4, -0.2) is 16.2 Å². The van der Waals surface area contributed by atoms with Gasteiger partial charge in [0.2, 0.25) is 5.69 Å². The van der Waals surface area contributed by atoms with Crippen molar-refractivity contribution in [1.82, 2.24) is 4.98 Å². The van der Waals surface area contributed by atoms with E-state index >= 15 is 0 Å². The fraction of sp³-hybridized carbons (Fsp3) is 0.143. The van der Waals surface area contributed by atoms with Crippen molar-refractivity contribution in [2.24, 2.45) is 0 Å². The molecule has 0 spiro atoms. The Kier molecular flexibility index (Phi) is 3.40. The highest BCUT2D eigenvalue weighted by molar-refractivity contribution is 9.10. The zero-order valence-corrected chi connectivity index (χ0v) is 8.57. The number of nitro groups is 1. The van der Waals surface area contributed by atoms with E-state index in [0.717, 1.165) is 6.07 Å². The average Bonchev–Trinajstić information content (AvgIpc) is 2.15. The second-order valence-electron chi connectivity index (χ2n) is 2.44. The van der Waals surface area contributed by atoms with E-state index in [2.05, 4.69) is 20.9 Å². The topological polar surface area (TPSA) is 73.1 Å². The van der Waals surface area contributed by atoms with Gasteiger partial charge in [-0.2, -0.15) is 0 Å². The number of rotatable bonds is 3. The van der Waals surface area contributed by atoms with Crippen LogP contribution in [-0.2, 0) is 0 Å². The predicted molar refractivity (Wildman–Crippen MR) is 48.9 cm³/mol. The molecule has 80 valence electrons. The Labute approximate surface area is 90.4 Å². The molecule has 0 aliphatic heterocycles. The summed E-state index contributed by atoms with van der Waals surface area (Å²) in [5.41, 5.74) is -1.28. The molecule has 1 heterocycles. The number of halogens is 3. The van der Waals surface area contributed by atoms with E-state index < -0.39 is 28.4 Å². The van der Waals surface area contributed by atoms with Gasteiger partial charge in [-0.1, -0.05) is 0 Å². The minimum atomic E-state index is -2.92. The number of carbonyl (C=O) groups excluding carboxylic acids is 1. The van der Waals surface area contributed by atoms with E-state index in [-0.39, 0.29) is 10.8 Å². The Morgan fingerprint density at radius 1 is 1.60 bits per heavy atom. The van der Waals surface area contributed by atoms with Crippen molar-refractivity contribution < 1.29 is 18.5 Å². The third-order valence-electron chi connectivity index (χ3n) is 1.54. The molecule has 1 aromatic heterocycles. The van der Waals surface area contributed by atoms with Gasteiger partial charge in [0.25, 0.3) is 6.43 Å². The fourth-order valence-electron chi connectivity index (χ4n) is 0.929. The molecule has 0 aliphatic rings. The van der Waals surface area contributed by atoms with Gasteiger partial charge in [-0.3, -0.25) is 4.79 Å². The molecule has 0 aromatic carbocycles. The van der Waals surface area contributed by atoms with Crippen molar-refractivity contribution in [3.05, 3.63) is 31.9 Å². The van der Waals surface area contributed by atoms with Crippen LogP contribution in [0.3, 0.4) is 0 Å². The summed E-state index contributed by atoms with van der Waals surface area (Å²) >= 11 is 2.72. The minimum absolute atomic E-state index is 0.0548. The number of hydrogen-bond acceptors (Lipinski definition) is 4. The summed E-state index contributed by atoms with van der Waals surface area (Å²) in [7, 11) is 0. The Hall–Kier alpha value is -1.44. The fourth-order valence-corrected chi connectivity index (χ4v) is 1.51. The number of nitrogens with zero attached hydrogens (tertiary/aromatic N) is 2. The standard InChI is InChI=1S/C7H3BrF2N2O3/c8-3-1-5(12(14)15)11-4(2-13)6(3)7(9)10/h1-2,7H. The second-order valence-corrected chi connectivity index (χ2v) is 3.29. The monoisotopic (exact) mass is 280 g/mol. The van der Waals surface area contributed by atoms with Crippen molar-refractivity contribution in [2.45, 2.75) is 6.43 Å². The normalized spacial score (nSPS) is 10.4. The summed E-state index contributed by atoms with van der Waals surface area (Å²) in [4.78, 5) is 23.1. The number of aldehydes is 1. The molecule has 1 rings (SSSR count). The molecule has 0 aliphatic carbocycles. The first-order valence-electron chi connectivity index (χ1n) is 3.55. The molecular weight excluding hydrogens is 278 g/mol. The highest BCUT2D eigenvalue weighted by atomic mass is 79.9. The van der Waals surface area contributed by atoms with Gasteiger partial charge in [-0.05, 0) is 25.8 Å². The van der Waals surface area contributed by atoms with Gasteiger partial charge < -0.3 is 10.1 Å². The molecule has 0 saturated carbocycles. The van der Waals surface area contributed by atoms with E-state index in [1.165, 1.54) is 0 Å². The summed E-state index contributed by atoms with van der Waals surface area (Å²) in [6, 6.07) is 0.828. The van der Waals surface area contributed by atoms with Gasteiger partial charge >= 0.3 is 5.82 Å². The number of hydrogen-bond donors (Lipinski definition) is 0. The molecule has 0 bridgehead atoms. The quantitative estimate of drug-likeness (QED) is 0.484. The molecule has 0 fully saturated rings. The molecule has 15 heavy (non-hydrogen) atoms. The van der Waals surface area contributed by atoms with Gasteiger partial charge in [0, 0.05) is 4.47 Å². The van der Waals surface area contributed by atoms with Gasteiger partial charge in [-0.15, -0.1) is 0 Å². The molecule has 8 heteroatoms. The third kappa shape index (κ3) is 2.32. The number of alkyl halides is 2. The summed E-state index contributed by atoms with van der Waals surface area (Å²) in [6.45, 7) is 0. The molecule has 0 atom stereocenters. The van der Waals surface area contributed by atoms with Crippen molar-refractivity contribution in [3.63, 3.8) is 0 Å². The lowest BCUT2D eigenvalue weighted by atomic mass is 10.2. The highest BCUT2D eigenvalue weighted by Crippen LogP contribution is 2.31. The summed E-state index contributed by atoms with van der Waals surface area (Å²) < 4.78 is 24.6. The lowest BCUT2D eigenvalue weighted by Crippen LogP contribution is -2.02. The molecule has 0 radical (unpaired) electrons.